The van der Waals surface area contributed by atoms with E-state index in [1.54, 1.807) is 0 Å². The van der Waals surface area contributed by atoms with E-state index in [2.05, 4.69) is 12.1 Å². The van der Waals surface area contributed by atoms with Gasteiger partial charge >= 0.3 is 0 Å². The number of carbonyl (C=O) groups excluding carboxylic acids is 1. The van der Waals surface area contributed by atoms with Gasteiger partial charge in [0.15, 0.2) is 0 Å². The molecule has 0 spiro atoms. The summed E-state index contributed by atoms with van der Waals surface area (Å²) in [5.74, 6) is 0.346. The molecule has 0 fully saturated rings. The molecule has 0 aliphatic carbocycles. The second-order valence-corrected chi connectivity index (χ2v) is 2.88. The predicted octanol–water partition coefficient (Wildman–Crippen LogP) is 3.62. The monoisotopic (exact) mass is 192 g/mol. The van der Waals surface area contributed by atoms with Crippen molar-refractivity contribution < 1.29 is 4.79 Å². The van der Waals surface area contributed by atoms with E-state index in [0.717, 1.165) is 6.42 Å². The molecule has 0 aliphatic heterocycles. The molecule has 78 valence electrons. The van der Waals surface area contributed by atoms with Gasteiger partial charge < -0.3 is 0 Å². The summed E-state index contributed by atoms with van der Waals surface area (Å²) in [6.07, 6.45) is 2.22. The smallest absolute Gasteiger partial charge is 0.132 e. The first-order chi connectivity index (χ1) is 6.83. The van der Waals surface area contributed by atoms with Crippen LogP contribution in [0.4, 0.5) is 0 Å². The fraction of sp³-hybridized carbons (Fsp3) is 0.462. The number of hydrogen-bond donors (Lipinski definition) is 0. The van der Waals surface area contributed by atoms with E-state index in [-0.39, 0.29) is 0 Å². The summed E-state index contributed by atoms with van der Waals surface area (Å²) in [4.78, 5) is 11.0. The number of ketones is 1. The standard InChI is InChI=1S/C11H14O.C2H6/c1-2-11(12)9-8-10-6-4-3-5-7-10;1-2/h3-7H,2,8-9H2,1H3;1-2H3. The van der Waals surface area contributed by atoms with Crippen LogP contribution >= 0.6 is 0 Å². The molecular weight excluding hydrogens is 172 g/mol. The van der Waals surface area contributed by atoms with Crippen LogP contribution in [0.1, 0.15) is 39.2 Å². The van der Waals surface area contributed by atoms with Crippen LogP contribution in [0.15, 0.2) is 30.3 Å². The third-order valence-corrected chi connectivity index (χ3v) is 1.93. The minimum atomic E-state index is 0.346. The predicted molar refractivity (Wildman–Crippen MR) is 61.4 cm³/mol. The normalized spacial score (nSPS) is 8.79. The van der Waals surface area contributed by atoms with Gasteiger partial charge in [0, 0.05) is 12.8 Å². The second-order valence-electron chi connectivity index (χ2n) is 2.88. The van der Waals surface area contributed by atoms with Crippen LogP contribution < -0.4 is 0 Å². The molecule has 0 N–H and O–H groups in total. The number of aryl methyl sites for hydroxylation is 1. The summed E-state index contributed by atoms with van der Waals surface area (Å²) in [7, 11) is 0. The van der Waals surface area contributed by atoms with Crippen molar-refractivity contribution in [1.29, 1.82) is 0 Å². The molecule has 0 bridgehead atoms. The number of hydrogen-bond acceptors (Lipinski definition) is 1. The quantitative estimate of drug-likeness (QED) is 0.712. The van der Waals surface area contributed by atoms with Crippen LogP contribution in [-0.4, -0.2) is 5.78 Å². The molecule has 1 aromatic carbocycles. The lowest BCUT2D eigenvalue weighted by Crippen LogP contribution is -1.97. The third kappa shape index (κ3) is 5.52. The summed E-state index contributed by atoms with van der Waals surface area (Å²) in [6.45, 7) is 5.91. The van der Waals surface area contributed by atoms with Crippen LogP contribution in [0.3, 0.4) is 0 Å². The van der Waals surface area contributed by atoms with Crippen molar-refractivity contribution in [1.82, 2.24) is 0 Å². The first-order valence-electron chi connectivity index (χ1n) is 5.38. The molecule has 0 saturated heterocycles. The Labute approximate surface area is 87.2 Å². The van der Waals surface area contributed by atoms with Crippen molar-refractivity contribution in [3.8, 4) is 0 Å². The zero-order valence-electron chi connectivity index (χ0n) is 9.42. The van der Waals surface area contributed by atoms with Crippen molar-refractivity contribution in [2.75, 3.05) is 0 Å². The van der Waals surface area contributed by atoms with Gasteiger partial charge in [-0.3, -0.25) is 4.79 Å². The first kappa shape index (κ1) is 12.9. The van der Waals surface area contributed by atoms with Gasteiger partial charge in [0.1, 0.15) is 5.78 Å². The zero-order chi connectivity index (χ0) is 10.8. The maximum atomic E-state index is 11.0. The highest BCUT2D eigenvalue weighted by molar-refractivity contribution is 5.78. The van der Waals surface area contributed by atoms with Gasteiger partial charge in [-0.05, 0) is 12.0 Å². The van der Waals surface area contributed by atoms with E-state index in [9.17, 15) is 4.79 Å². The van der Waals surface area contributed by atoms with Gasteiger partial charge in [-0.1, -0.05) is 51.1 Å². The molecule has 1 heteroatoms. The Balaban J connectivity index is 0.000000791. The molecular formula is C13H20O. The Morgan fingerprint density at radius 2 is 1.71 bits per heavy atom. The lowest BCUT2D eigenvalue weighted by Gasteiger charge is -1.98. The molecule has 0 atom stereocenters. The Morgan fingerprint density at radius 1 is 1.14 bits per heavy atom. The number of carbonyl (C=O) groups is 1. The average molecular weight is 192 g/mol. The Kier molecular flexibility index (Phi) is 7.81. The molecule has 0 amide bonds. The first-order valence-corrected chi connectivity index (χ1v) is 5.38. The number of benzene rings is 1. The highest BCUT2D eigenvalue weighted by Gasteiger charge is 1.98. The maximum absolute atomic E-state index is 11.0. The Morgan fingerprint density at radius 3 is 2.21 bits per heavy atom. The summed E-state index contributed by atoms with van der Waals surface area (Å²) in [6, 6.07) is 10.1. The zero-order valence-corrected chi connectivity index (χ0v) is 9.42. The van der Waals surface area contributed by atoms with E-state index in [1.165, 1.54) is 5.56 Å². The van der Waals surface area contributed by atoms with Crippen LogP contribution in [0.5, 0.6) is 0 Å². The van der Waals surface area contributed by atoms with Gasteiger partial charge in [0.2, 0.25) is 0 Å². The van der Waals surface area contributed by atoms with Gasteiger partial charge in [-0.2, -0.15) is 0 Å². The van der Waals surface area contributed by atoms with Gasteiger partial charge in [-0.15, -0.1) is 0 Å². The number of Topliss-reactive ketones (excluding diaryl/α,β-unsaturated/α-hetero) is 1. The summed E-state index contributed by atoms with van der Waals surface area (Å²) in [5.41, 5.74) is 1.25. The lowest BCUT2D eigenvalue weighted by molar-refractivity contribution is -0.118. The molecule has 1 nitrogen and oxygen atoms in total. The number of rotatable bonds is 4. The summed E-state index contributed by atoms with van der Waals surface area (Å²) < 4.78 is 0. The molecule has 0 saturated carbocycles. The Hall–Kier alpha value is -1.11. The highest BCUT2D eigenvalue weighted by Crippen LogP contribution is 2.03. The molecule has 0 radical (unpaired) electrons. The third-order valence-electron chi connectivity index (χ3n) is 1.93. The topological polar surface area (TPSA) is 17.1 Å². The highest BCUT2D eigenvalue weighted by atomic mass is 16.1. The lowest BCUT2D eigenvalue weighted by atomic mass is 10.1. The fourth-order valence-corrected chi connectivity index (χ4v) is 1.11. The van der Waals surface area contributed by atoms with Crippen LogP contribution in [0, 0.1) is 0 Å². The second kappa shape index (κ2) is 8.49. The molecule has 1 rings (SSSR count). The van der Waals surface area contributed by atoms with Gasteiger partial charge in [-0.25, -0.2) is 0 Å². The van der Waals surface area contributed by atoms with Crippen molar-refractivity contribution in [3.63, 3.8) is 0 Å². The van der Waals surface area contributed by atoms with Crippen molar-refractivity contribution >= 4 is 5.78 Å². The van der Waals surface area contributed by atoms with Gasteiger partial charge in [0.05, 0.1) is 0 Å². The molecule has 0 aromatic heterocycles. The van der Waals surface area contributed by atoms with E-state index in [4.69, 9.17) is 0 Å². The van der Waals surface area contributed by atoms with Crippen LogP contribution in [-0.2, 0) is 11.2 Å². The van der Waals surface area contributed by atoms with E-state index in [0.29, 0.717) is 18.6 Å². The molecule has 0 aliphatic rings. The molecule has 1 aromatic rings. The minimum absolute atomic E-state index is 0.346. The maximum Gasteiger partial charge on any atom is 0.132 e. The largest absolute Gasteiger partial charge is 0.300 e. The van der Waals surface area contributed by atoms with Crippen LogP contribution in [0.25, 0.3) is 0 Å². The summed E-state index contributed by atoms with van der Waals surface area (Å²) in [5, 5.41) is 0. The Bertz CT molecular complexity index is 239. The average Bonchev–Trinajstić information content (AvgIpc) is 2.30. The van der Waals surface area contributed by atoms with Crippen molar-refractivity contribution in [2.24, 2.45) is 0 Å². The SMILES string of the molecule is CC.CCC(=O)CCc1ccccc1. The summed E-state index contributed by atoms with van der Waals surface area (Å²) >= 11 is 0. The molecule has 0 unspecified atom stereocenters. The van der Waals surface area contributed by atoms with Crippen molar-refractivity contribution in [3.05, 3.63) is 35.9 Å². The van der Waals surface area contributed by atoms with Gasteiger partial charge in [0.25, 0.3) is 0 Å². The van der Waals surface area contributed by atoms with E-state index < -0.39 is 0 Å². The van der Waals surface area contributed by atoms with Crippen LogP contribution in [0.2, 0.25) is 0 Å². The molecule has 0 heterocycles. The van der Waals surface area contributed by atoms with E-state index in [1.807, 2.05) is 39.0 Å². The minimum Gasteiger partial charge on any atom is -0.300 e. The van der Waals surface area contributed by atoms with E-state index >= 15 is 0 Å². The molecule has 14 heavy (non-hydrogen) atoms. The van der Waals surface area contributed by atoms with Crippen molar-refractivity contribution in [2.45, 2.75) is 40.0 Å². The fourth-order valence-electron chi connectivity index (χ4n) is 1.11.